The van der Waals surface area contributed by atoms with Gasteiger partial charge in [-0.1, -0.05) is 0 Å². The summed E-state index contributed by atoms with van der Waals surface area (Å²) in [5.74, 6) is -0.450. The molecule has 0 unspecified atom stereocenters. The van der Waals surface area contributed by atoms with Gasteiger partial charge in [0, 0.05) is 6.92 Å². The molecule has 56 valence electrons. The number of carbonyl (C=O) groups excluding carboxylic acids is 2. The minimum Gasteiger partial charge on any atom is -0.443 e. The Morgan fingerprint density at radius 3 is 2.60 bits per heavy atom. The number of rotatable bonds is 0. The number of cyclic esters (lactones) is 1. The first-order chi connectivity index (χ1) is 4.63. The first-order valence-electron chi connectivity index (χ1n) is 3.07. The van der Waals surface area contributed by atoms with Crippen LogP contribution in [0.3, 0.4) is 0 Å². The lowest BCUT2D eigenvalue weighted by molar-refractivity contribution is -0.138. The highest BCUT2D eigenvalue weighted by atomic mass is 16.6. The zero-order valence-corrected chi connectivity index (χ0v) is 5.96. The summed E-state index contributed by atoms with van der Waals surface area (Å²) in [6.07, 6.45) is 0. The number of esters is 1. The monoisotopic (exact) mass is 143 g/mol. The van der Waals surface area contributed by atoms with Crippen LogP contribution in [0.1, 0.15) is 13.8 Å². The van der Waals surface area contributed by atoms with Gasteiger partial charge in [-0.25, -0.2) is 4.79 Å². The maximum absolute atomic E-state index is 10.7. The number of nitrogens with zero attached hydrogens (tertiary/aromatic N) is 1. The summed E-state index contributed by atoms with van der Waals surface area (Å²) in [6, 6.07) is -0.405. The zero-order chi connectivity index (χ0) is 7.72. The van der Waals surface area contributed by atoms with Gasteiger partial charge in [0.1, 0.15) is 6.04 Å². The molecule has 0 aliphatic carbocycles. The van der Waals surface area contributed by atoms with Gasteiger partial charge >= 0.3 is 5.97 Å². The van der Waals surface area contributed by atoms with E-state index in [0.717, 1.165) is 0 Å². The van der Waals surface area contributed by atoms with Crippen molar-refractivity contribution in [3.8, 4) is 0 Å². The second kappa shape index (κ2) is 2.28. The molecule has 0 N–H and O–H groups in total. The Morgan fingerprint density at radius 1 is 1.80 bits per heavy atom. The minimum atomic E-state index is -0.405. The van der Waals surface area contributed by atoms with Gasteiger partial charge in [0.2, 0.25) is 5.91 Å². The topological polar surface area (TPSA) is 46.6 Å². The van der Waals surface area contributed by atoms with Crippen LogP contribution >= 0.6 is 0 Å². The van der Waals surface area contributed by atoms with Crippen LogP contribution in [0.4, 0.5) is 0 Å². The molecule has 0 aromatic carbocycles. The van der Waals surface area contributed by atoms with Gasteiger partial charge in [-0.15, -0.1) is 0 Å². The van der Waals surface area contributed by atoms with E-state index in [-0.39, 0.29) is 18.6 Å². The average Bonchev–Trinajstić information content (AvgIpc) is 2.14. The summed E-state index contributed by atoms with van der Waals surface area (Å²) in [5.41, 5.74) is 0. The van der Waals surface area contributed by atoms with Gasteiger partial charge in [-0.2, -0.15) is 0 Å². The van der Waals surface area contributed by atoms with Crippen molar-refractivity contribution in [1.82, 2.24) is 4.90 Å². The highest BCUT2D eigenvalue weighted by Gasteiger charge is 2.31. The number of ether oxygens (including phenoxy) is 1. The van der Waals surface area contributed by atoms with Crippen molar-refractivity contribution in [1.29, 1.82) is 0 Å². The summed E-state index contributed by atoms with van der Waals surface area (Å²) in [7, 11) is 0. The lowest BCUT2D eigenvalue weighted by atomic mass is 10.3. The Labute approximate surface area is 58.8 Å². The van der Waals surface area contributed by atoms with Crippen LogP contribution in [0.25, 0.3) is 0 Å². The Kier molecular flexibility index (Phi) is 1.61. The van der Waals surface area contributed by atoms with Crippen LogP contribution in [0.5, 0.6) is 0 Å². The third kappa shape index (κ3) is 0.964. The molecule has 0 aromatic heterocycles. The van der Waals surface area contributed by atoms with Gasteiger partial charge in [-0.3, -0.25) is 9.69 Å². The second-order valence-corrected chi connectivity index (χ2v) is 2.26. The highest BCUT2D eigenvalue weighted by molar-refractivity contribution is 5.85. The fraction of sp³-hybridized carbons (Fsp3) is 0.667. The fourth-order valence-corrected chi connectivity index (χ4v) is 0.856. The predicted octanol–water partition coefficient (Wildman–Crippen LogP) is -0.262. The fourth-order valence-electron chi connectivity index (χ4n) is 0.856. The van der Waals surface area contributed by atoms with Crippen LogP contribution < -0.4 is 0 Å². The molecular weight excluding hydrogens is 134 g/mol. The first-order valence-corrected chi connectivity index (χ1v) is 3.07. The van der Waals surface area contributed by atoms with Gasteiger partial charge in [0.15, 0.2) is 6.73 Å². The van der Waals surface area contributed by atoms with Crippen molar-refractivity contribution >= 4 is 11.9 Å². The molecule has 1 atom stereocenters. The largest absolute Gasteiger partial charge is 0.443 e. The number of hydrogen-bond acceptors (Lipinski definition) is 3. The van der Waals surface area contributed by atoms with Crippen molar-refractivity contribution in [3.05, 3.63) is 0 Å². The third-order valence-corrected chi connectivity index (χ3v) is 1.56. The van der Waals surface area contributed by atoms with Gasteiger partial charge in [0.25, 0.3) is 0 Å². The Morgan fingerprint density at radius 2 is 2.40 bits per heavy atom. The molecule has 0 bridgehead atoms. The normalized spacial score (nSPS) is 24.8. The molecule has 1 fully saturated rings. The van der Waals surface area contributed by atoms with E-state index in [1.54, 1.807) is 6.92 Å². The van der Waals surface area contributed by atoms with E-state index in [4.69, 9.17) is 0 Å². The molecule has 0 spiro atoms. The number of hydrogen-bond donors (Lipinski definition) is 0. The Hall–Kier alpha value is -1.06. The maximum atomic E-state index is 10.7. The molecule has 0 aromatic rings. The zero-order valence-electron chi connectivity index (χ0n) is 5.96. The summed E-state index contributed by atoms with van der Waals surface area (Å²) in [5, 5.41) is 0. The van der Waals surface area contributed by atoms with E-state index in [0.29, 0.717) is 0 Å². The molecule has 10 heavy (non-hydrogen) atoms. The molecule has 1 aliphatic heterocycles. The number of amides is 1. The smallest absolute Gasteiger partial charge is 0.330 e. The van der Waals surface area contributed by atoms with E-state index in [2.05, 4.69) is 4.74 Å². The molecule has 1 saturated heterocycles. The Balaban J connectivity index is 2.66. The first kappa shape index (κ1) is 7.05. The van der Waals surface area contributed by atoms with Crippen LogP contribution in [-0.4, -0.2) is 29.5 Å². The van der Waals surface area contributed by atoms with Crippen molar-refractivity contribution in [2.75, 3.05) is 6.73 Å². The molecule has 0 radical (unpaired) electrons. The molecule has 1 heterocycles. The third-order valence-electron chi connectivity index (χ3n) is 1.56. The molecular formula is C6H9NO3. The summed E-state index contributed by atoms with van der Waals surface area (Å²) in [4.78, 5) is 22.7. The van der Waals surface area contributed by atoms with E-state index >= 15 is 0 Å². The van der Waals surface area contributed by atoms with Gasteiger partial charge in [-0.05, 0) is 6.92 Å². The van der Waals surface area contributed by atoms with Crippen molar-refractivity contribution < 1.29 is 14.3 Å². The highest BCUT2D eigenvalue weighted by Crippen LogP contribution is 2.09. The van der Waals surface area contributed by atoms with Crippen LogP contribution in [0, 0.1) is 0 Å². The van der Waals surface area contributed by atoms with Crippen molar-refractivity contribution in [2.24, 2.45) is 0 Å². The molecule has 1 aliphatic rings. The summed E-state index contributed by atoms with van der Waals surface area (Å²) < 4.78 is 4.61. The Bertz CT molecular complexity index is 178. The molecule has 4 nitrogen and oxygen atoms in total. The van der Waals surface area contributed by atoms with Gasteiger partial charge < -0.3 is 4.74 Å². The van der Waals surface area contributed by atoms with Crippen LogP contribution in [0.15, 0.2) is 0 Å². The van der Waals surface area contributed by atoms with E-state index in [1.165, 1.54) is 11.8 Å². The lowest BCUT2D eigenvalue weighted by Gasteiger charge is -2.12. The summed E-state index contributed by atoms with van der Waals surface area (Å²) in [6.45, 7) is 3.17. The maximum Gasteiger partial charge on any atom is 0.330 e. The minimum absolute atomic E-state index is 0.106. The average molecular weight is 143 g/mol. The van der Waals surface area contributed by atoms with Gasteiger partial charge in [0.05, 0.1) is 0 Å². The van der Waals surface area contributed by atoms with E-state index < -0.39 is 6.04 Å². The summed E-state index contributed by atoms with van der Waals surface area (Å²) >= 11 is 0. The van der Waals surface area contributed by atoms with E-state index in [9.17, 15) is 9.59 Å². The van der Waals surface area contributed by atoms with E-state index in [1.807, 2.05) is 0 Å². The lowest BCUT2D eigenvalue weighted by Crippen LogP contribution is -2.33. The SMILES string of the molecule is CC(=O)N1COC(=O)[C@H]1C. The molecule has 1 amide bonds. The molecule has 4 heteroatoms. The van der Waals surface area contributed by atoms with Crippen molar-refractivity contribution in [2.45, 2.75) is 19.9 Å². The molecule has 0 saturated carbocycles. The standard InChI is InChI=1S/C6H9NO3/c1-4-6(9)10-3-7(4)5(2)8/h4H,3H2,1-2H3/t4-/m1/s1. The van der Waals surface area contributed by atoms with Crippen molar-refractivity contribution in [3.63, 3.8) is 0 Å². The molecule has 1 rings (SSSR count). The quantitative estimate of drug-likeness (QED) is 0.439. The number of carbonyl (C=O) groups is 2. The van der Waals surface area contributed by atoms with Crippen LogP contribution in [-0.2, 0) is 14.3 Å². The van der Waals surface area contributed by atoms with Crippen LogP contribution in [0.2, 0.25) is 0 Å². The predicted molar refractivity (Wildman–Crippen MR) is 32.9 cm³/mol. The second-order valence-electron chi connectivity index (χ2n) is 2.26.